The van der Waals surface area contributed by atoms with Gasteiger partial charge in [0, 0.05) is 5.92 Å². The Hall–Kier alpha value is -1.51. The zero-order valence-corrected chi connectivity index (χ0v) is 10.4. The molecule has 0 aromatic heterocycles. The molecule has 3 N–H and O–H groups in total. The van der Waals surface area contributed by atoms with E-state index in [1.165, 1.54) is 0 Å². The van der Waals surface area contributed by atoms with E-state index in [-0.39, 0.29) is 11.8 Å². The van der Waals surface area contributed by atoms with Crippen LogP contribution in [0.15, 0.2) is 18.2 Å². The number of nitrogens with two attached hydrogens (primary N) is 1. The largest absolute Gasteiger partial charge is 0.397 e. The van der Waals surface area contributed by atoms with Gasteiger partial charge in [-0.25, -0.2) is 0 Å². The minimum absolute atomic E-state index is 0.0132. The Morgan fingerprint density at radius 1 is 1.31 bits per heavy atom. The first-order chi connectivity index (χ1) is 7.41. The van der Waals surface area contributed by atoms with Gasteiger partial charge in [0.25, 0.3) is 0 Å². The van der Waals surface area contributed by atoms with Crippen molar-refractivity contribution in [3.8, 4) is 0 Å². The number of nitrogens with one attached hydrogen (secondary N) is 1. The molecule has 1 unspecified atom stereocenters. The first-order valence-electron chi connectivity index (χ1n) is 5.58. The van der Waals surface area contributed by atoms with Crippen molar-refractivity contribution in [2.75, 3.05) is 11.1 Å². The van der Waals surface area contributed by atoms with Crippen molar-refractivity contribution >= 4 is 17.3 Å². The van der Waals surface area contributed by atoms with Gasteiger partial charge in [-0.1, -0.05) is 26.8 Å². The van der Waals surface area contributed by atoms with Crippen molar-refractivity contribution in [1.29, 1.82) is 0 Å². The summed E-state index contributed by atoms with van der Waals surface area (Å²) in [7, 11) is 0. The zero-order valence-electron chi connectivity index (χ0n) is 10.4. The highest BCUT2D eigenvalue weighted by Crippen LogP contribution is 2.21. The molecule has 1 aromatic rings. The summed E-state index contributed by atoms with van der Waals surface area (Å²) in [5.74, 6) is 0.331. The van der Waals surface area contributed by atoms with Gasteiger partial charge >= 0.3 is 0 Å². The number of anilines is 2. The molecule has 16 heavy (non-hydrogen) atoms. The lowest BCUT2D eigenvalue weighted by atomic mass is 9.97. The lowest BCUT2D eigenvalue weighted by Gasteiger charge is -2.16. The molecule has 0 bridgehead atoms. The van der Waals surface area contributed by atoms with Crippen LogP contribution in [0.5, 0.6) is 0 Å². The number of amides is 1. The van der Waals surface area contributed by atoms with Gasteiger partial charge in [-0.3, -0.25) is 4.79 Å². The first-order valence-corrected chi connectivity index (χ1v) is 5.58. The highest BCUT2D eigenvalue weighted by atomic mass is 16.1. The maximum Gasteiger partial charge on any atom is 0.227 e. The fourth-order valence-corrected chi connectivity index (χ4v) is 1.35. The molecule has 1 amide bonds. The molecule has 0 aliphatic heterocycles. The van der Waals surface area contributed by atoms with Crippen LogP contribution in [0.3, 0.4) is 0 Å². The number of aryl methyl sites for hydroxylation is 1. The molecule has 0 spiro atoms. The van der Waals surface area contributed by atoms with Gasteiger partial charge in [-0.2, -0.15) is 0 Å². The van der Waals surface area contributed by atoms with Gasteiger partial charge in [0.1, 0.15) is 0 Å². The topological polar surface area (TPSA) is 55.1 Å². The molecular formula is C13H20N2O. The van der Waals surface area contributed by atoms with Gasteiger partial charge < -0.3 is 11.1 Å². The molecule has 0 aliphatic carbocycles. The van der Waals surface area contributed by atoms with Crippen LogP contribution in [0.4, 0.5) is 11.4 Å². The highest BCUT2D eigenvalue weighted by Gasteiger charge is 2.17. The second kappa shape index (κ2) is 5.01. The SMILES string of the molecule is Cc1ccc(NC(=O)C(C)C(C)C)c(N)c1. The molecule has 88 valence electrons. The minimum atomic E-state index is -0.0132. The van der Waals surface area contributed by atoms with E-state index >= 15 is 0 Å². The van der Waals surface area contributed by atoms with Crippen LogP contribution in [-0.4, -0.2) is 5.91 Å². The normalized spacial score (nSPS) is 12.6. The van der Waals surface area contributed by atoms with Crippen molar-refractivity contribution in [2.45, 2.75) is 27.7 Å². The van der Waals surface area contributed by atoms with Gasteiger partial charge in [0.2, 0.25) is 5.91 Å². The summed E-state index contributed by atoms with van der Waals surface area (Å²) in [6.07, 6.45) is 0. The summed E-state index contributed by atoms with van der Waals surface area (Å²) in [4.78, 5) is 11.8. The third-order valence-corrected chi connectivity index (χ3v) is 2.88. The predicted octanol–water partition coefficient (Wildman–Crippen LogP) is 2.81. The molecular weight excluding hydrogens is 200 g/mol. The molecule has 3 heteroatoms. The van der Waals surface area contributed by atoms with Crippen LogP contribution < -0.4 is 11.1 Å². The van der Waals surface area contributed by atoms with Crippen LogP contribution in [0.25, 0.3) is 0 Å². The lowest BCUT2D eigenvalue weighted by molar-refractivity contribution is -0.120. The molecule has 3 nitrogen and oxygen atoms in total. The third-order valence-electron chi connectivity index (χ3n) is 2.88. The van der Waals surface area contributed by atoms with Crippen molar-refractivity contribution in [3.63, 3.8) is 0 Å². The summed E-state index contributed by atoms with van der Waals surface area (Å²) in [5, 5.41) is 2.85. The van der Waals surface area contributed by atoms with Crippen LogP contribution in [-0.2, 0) is 4.79 Å². The van der Waals surface area contributed by atoms with Gasteiger partial charge in [-0.05, 0) is 30.5 Å². The van der Waals surface area contributed by atoms with E-state index in [0.717, 1.165) is 5.56 Å². The molecule has 1 rings (SSSR count). The zero-order chi connectivity index (χ0) is 12.3. The van der Waals surface area contributed by atoms with Crippen LogP contribution in [0.1, 0.15) is 26.3 Å². The molecule has 0 radical (unpaired) electrons. The van der Waals surface area contributed by atoms with E-state index < -0.39 is 0 Å². The number of hydrogen-bond acceptors (Lipinski definition) is 2. The Kier molecular flexibility index (Phi) is 3.93. The summed E-state index contributed by atoms with van der Waals surface area (Å²) < 4.78 is 0. The number of rotatable bonds is 3. The number of nitrogen functional groups attached to an aromatic ring is 1. The molecule has 0 heterocycles. The molecule has 0 fully saturated rings. The van der Waals surface area contributed by atoms with E-state index in [9.17, 15) is 4.79 Å². The Morgan fingerprint density at radius 2 is 1.94 bits per heavy atom. The maximum absolute atomic E-state index is 11.8. The van der Waals surface area contributed by atoms with Crippen LogP contribution in [0, 0.1) is 18.8 Å². The first kappa shape index (κ1) is 12.6. The molecule has 0 saturated heterocycles. The van der Waals surface area contributed by atoms with E-state index in [4.69, 9.17) is 5.73 Å². The Labute approximate surface area is 97.0 Å². The molecule has 1 atom stereocenters. The smallest absolute Gasteiger partial charge is 0.227 e. The van der Waals surface area contributed by atoms with E-state index in [0.29, 0.717) is 17.3 Å². The van der Waals surface area contributed by atoms with Gasteiger partial charge in [0.05, 0.1) is 11.4 Å². The molecule has 0 saturated carbocycles. The van der Waals surface area contributed by atoms with Gasteiger partial charge in [0.15, 0.2) is 0 Å². The second-order valence-corrected chi connectivity index (χ2v) is 4.61. The quantitative estimate of drug-likeness (QED) is 0.769. The molecule has 0 aliphatic rings. The lowest BCUT2D eigenvalue weighted by Crippen LogP contribution is -2.24. The standard InChI is InChI=1S/C13H20N2O/c1-8(2)10(4)13(16)15-12-6-5-9(3)7-11(12)14/h5-8,10H,14H2,1-4H3,(H,15,16). The van der Waals surface area contributed by atoms with E-state index in [2.05, 4.69) is 5.32 Å². The fourth-order valence-electron chi connectivity index (χ4n) is 1.35. The number of benzene rings is 1. The summed E-state index contributed by atoms with van der Waals surface area (Å²) in [5.41, 5.74) is 8.23. The van der Waals surface area contributed by atoms with E-state index in [1.807, 2.05) is 45.9 Å². The third kappa shape index (κ3) is 2.99. The number of carbonyl (C=O) groups excluding carboxylic acids is 1. The van der Waals surface area contributed by atoms with Crippen molar-refractivity contribution in [1.82, 2.24) is 0 Å². The average molecular weight is 220 g/mol. The summed E-state index contributed by atoms with van der Waals surface area (Å²) in [6, 6.07) is 5.64. The fraction of sp³-hybridized carbons (Fsp3) is 0.462. The number of carbonyl (C=O) groups is 1. The van der Waals surface area contributed by atoms with E-state index in [1.54, 1.807) is 0 Å². The molecule has 1 aromatic carbocycles. The van der Waals surface area contributed by atoms with Crippen LogP contribution in [0.2, 0.25) is 0 Å². The number of hydrogen-bond donors (Lipinski definition) is 2. The summed E-state index contributed by atoms with van der Waals surface area (Å²) in [6.45, 7) is 7.95. The monoisotopic (exact) mass is 220 g/mol. The van der Waals surface area contributed by atoms with Gasteiger partial charge in [-0.15, -0.1) is 0 Å². The van der Waals surface area contributed by atoms with Crippen molar-refractivity contribution in [3.05, 3.63) is 23.8 Å². The predicted molar refractivity (Wildman–Crippen MR) is 68.2 cm³/mol. The Morgan fingerprint density at radius 3 is 2.44 bits per heavy atom. The summed E-state index contributed by atoms with van der Waals surface area (Å²) >= 11 is 0. The van der Waals surface area contributed by atoms with Crippen molar-refractivity contribution in [2.24, 2.45) is 11.8 Å². The Bertz CT molecular complexity index is 386. The van der Waals surface area contributed by atoms with Crippen LogP contribution >= 0.6 is 0 Å². The maximum atomic E-state index is 11.8. The second-order valence-electron chi connectivity index (χ2n) is 4.61. The average Bonchev–Trinajstić information content (AvgIpc) is 2.20. The van der Waals surface area contributed by atoms with Crippen molar-refractivity contribution < 1.29 is 4.79 Å². The minimum Gasteiger partial charge on any atom is -0.397 e. The Balaban J connectivity index is 2.77. The highest BCUT2D eigenvalue weighted by molar-refractivity contribution is 5.95.